The quantitative estimate of drug-likeness (QED) is 0.896. The highest BCUT2D eigenvalue weighted by Gasteiger charge is 2.15. The van der Waals surface area contributed by atoms with Crippen molar-refractivity contribution in [3.8, 4) is 0 Å². The van der Waals surface area contributed by atoms with Crippen molar-refractivity contribution >= 4 is 0 Å². The molecule has 102 valence electrons. The maximum Gasteiger partial charge on any atom is 0.0609 e. The van der Waals surface area contributed by atoms with Crippen molar-refractivity contribution in [3.05, 3.63) is 47.0 Å². The molecule has 2 aromatic rings. The van der Waals surface area contributed by atoms with Gasteiger partial charge in [-0.25, -0.2) is 0 Å². The van der Waals surface area contributed by atoms with Crippen molar-refractivity contribution in [2.75, 3.05) is 6.54 Å². The number of aryl methyl sites for hydroxylation is 3. The van der Waals surface area contributed by atoms with E-state index in [0.717, 1.165) is 24.5 Å². The minimum absolute atomic E-state index is 0.186. The Morgan fingerprint density at radius 2 is 1.84 bits per heavy atom. The summed E-state index contributed by atoms with van der Waals surface area (Å²) in [6.07, 6.45) is 4.06. The Bertz CT molecular complexity index is 525. The van der Waals surface area contributed by atoms with Gasteiger partial charge in [0.1, 0.15) is 0 Å². The molecule has 1 atom stereocenters. The van der Waals surface area contributed by atoms with Gasteiger partial charge in [0.15, 0.2) is 0 Å². The van der Waals surface area contributed by atoms with E-state index in [-0.39, 0.29) is 6.04 Å². The van der Waals surface area contributed by atoms with Gasteiger partial charge in [-0.3, -0.25) is 9.67 Å². The third kappa shape index (κ3) is 3.20. The first-order valence-electron chi connectivity index (χ1n) is 6.85. The van der Waals surface area contributed by atoms with Crippen LogP contribution in [-0.2, 0) is 6.54 Å². The van der Waals surface area contributed by atoms with Crippen LogP contribution in [0, 0.1) is 13.8 Å². The molecule has 19 heavy (non-hydrogen) atoms. The van der Waals surface area contributed by atoms with Gasteiger partial charge >= 0.3 is 0 Å². The van der Waals surface area contributed by atoms with Crippen molar-refractivity contribution in [3.63, 3.8) is 0 Å². The Hall–Kier alpha value is -1.68. The molecule has 2 rings (SSSR count). The van der Waals surface area contributed by atoms with E-state index in [9.17, 15) is 0 Å². The molecule has 0 amide bonds. The summed E-state index contributed by atoms with van der Waals surface area (Å²) in [6, 6.07) is 4.47. The van der Waals surface area contributed by atoms with Crippen LogP contribution in [0.2, 0.25) is 0 Å². The van der Waals surface area contributed by atoms with Gasteiger partial charge in [-0.1, -0.05) is 6.92 Å². The molecule has 0 fully saturated rings. The van der Waals surface area contributed by atoms with E-state index in [2.05, 4.69) is 47.6 Å². The Labute approximate surface area is 114 Å². The first-order valence-corrected chi connectivity index (χ1v) is 6.85. The highest BCUT2D eigenvalue weighted by atomic mass is 15.3. The van der Waals surface area contributed by atoms with Crippen molar-refractivity contribution in [1.82, 2.24) is 20.1 Å². The van der Waals surface area contributed by atoms with E-state index < -0.39 is 0 Å². The van der Waals surface area contributed by atoms with E-state index in [1.807, 2.05) is 24.7 Å². The Morgan fingerprint density at radius 3 is 2.37 bits per heavy atom. The second-order valence-electron chi connectivity index (χ2n) is 4.80. The van der Waals surface area contributed by atoms with Crippen LogP contribution in [0.1, 0.15) is 42.4 Å². The molecule has 2 aromatic heterocycles. The lowest BCUT2D eigenvalue weighted by molar-refractivity contribution is 0.623. The first kappa shape index (κ1) is 13.7. The largest absolute Gasteiger partial charge is 0.306 e. The SMILES string of the molecule is CCNC(c1cc(C)nc(C)c1)c1cnn(CC)c1. The Kier molecular flexibility index (Phi) is 4.32. The number of pyridine rings is 1. The summed E-state index contributed by atoms with van der Waals surface area (Å²) in [4.78, 5) is 4.44. The molecule has 2 heterocycles. The number of nitrogens with zero attached hydrogens (tertiary/aromatic N) is 3. The zero-order chi connectivity index (χ0) is 13.8. The zero-order valence-corrected chi connectivity index (χ0v) is 12.1. The number of hydrogen-bond acceptors (Lipinski definition) is 3. The van der Waals surface area contributed by atoms with Gasteiger partial charge in [0.2, 0.25) is 0 Å². The van der Waals surface area contributed by atoms with Crippen LogP contribution in [-0.4, -0.2) is 21.3 Å². The van der Waals surface area contributed by atoms with Gasteiger partial charge in [-0.2, -0.15) is 5.10 Å². The average Bonchev–Trinajstić information content (AvgIpc) is 2.83. The van der Waals surface area contributed by atoms with Gasteiger partial charge < -0.3 is 5.32 Å². The van der Waals surface area contributed by atoms with Crippen LogP contribution in [0.5, 0.6) is 0 Å². The second kappa shape index (κ2) is 5.97. The van der Waals surface area contributed by atoms with Gasteiger partial charge in [0.05, 0.1) is 12.2 Å². The molecule has 0 aromatic carbocycles. The van der Waals surface area contributed by atoms with Crippen molar-refractivity contribution in [2.45, 2.75) is 40.3 Å². The summed E-state index contributed by atoms with van der Waals surface area (Å²) in [5, 5.41) is 7.90. The van der Waals surface area contributed by atoms with Crippen LogP contribution >= 0.6 is 0 Å². The molecular formula is C15H22N4. The second-order valence-corrected chi connectivity index (χ2v) is 4.80. The molecule has 0 aliphatic rings. The summed E-state index contributed by atoms with van der Waals surface area (Å²) in [5.74, 6) is 0. The van der Waals surface area contributed by atoms with E-state index >= 15 is 0 Å². The standard InChI is InChI=1S/C15H22N4/c1-5-16-15(14-9-17-19(6-2)10-14)13-7-11(3)18-12(4)8-13/h7-10,15-16H,5-6H2,1-4H3. The minimum atomic E-state index is 0.186. The Balaban J connectivity index is 2.38. The molecule has 0 spiro atoms. The molecule has 0 aliphatic heterocycles. The summed E-state index contributed by atoms with van der Waals surface area (Å²) in [6.45, 7) is 10.1. The zero-order valence-electron chi connectivity index (χ0n) is 12.1. The molecule has 4 heteroatoms. The lowest BCUT2D eigenvalue weighted by Crippen LogP contribution is -2.22. The van der Waals surface area contributed by atoms with Crippen molar-refractivity contribution in [2.24, 2.45) is 0 Å². The maximum atomic E-state index is 4.44. The van der Waals surface area contributed by atoms with E-state index in [0.29, 0.717) is 0 Å². The monoisotopic (exact) mass is 258 g/mol. The van der Waals surface area contributed by atoms with Crippen LogP contribution in [0.15, 0.2) is 24.5 Å². The van der Waals surface area contributed by atoms with E-state index in [1.165, 1.54) is 11.1 Å². The van der Waals surface area contributed by atoms with Crippen molar-refractivity contribution < 1.29 is 0 Å². The summed E-state index contributed by atoms with van der Waals surface area (Å²) in [5.41, 5.74) is 4.57. The highest BCUT2D eigenvalue weighted by Crippen LogP contribution is 2.22. The Morgan fingerprint density at radius 1 is 1.16 bits per heavy atom. The number of aromatic nitrogens is 3. The lowest BCUT2D eigenvalue weighted by atomic mass is 10.0. The van der Waals surface area contributed by atoms with E-state index in [1.54, 1.807) is 0 Å². The van der Waals surface area contributed by atoms with Gasteiger partial charge in [-0.15, -0.1) is 0 Å². The molecule has 1 N–H and O–H groups in total. The smallest absolute Gasteiger partial charge is 0.0609 e. The fraction of sp³-hybridized carbons (Fsp3) is 0.467. The molecule has 0 radical (unpaired) electrons. The summed E-state index contributed by atoms with van der Waals surface area (Å²) >= 11 is 0. The highest BCUT2D eigenvalue weighted by molar-refractivity contribution is 5.31. The minimum Gasteiger partial charge on any atom is -0.306 e. The summed E-state index contributed by atoms with van der Waals surface area (Å²) in [7, 11) is 0. The molecule has 0 saturated carbocycles. The van der Waals surface area contributed by atoms with Gasteiger partial charge in [0.25, 0.3) is 0 Å². The third-order valence-electron chi connectivity index (χ3n) is 3.16. The predicted octanol–water partition coefficient (Wildman–Crippen LogP) is 2.61. The molecular weight excluding hydrogens is 236 g/mol. The van der Waals surface area contributed by atoms with Crippen LogP contribution in [0.4, 0.5) is 0 Å². The van der Waals surface area contributed by atoms with Gasteiger partial charge in [-0.05, 0) is 45.0 Å². The fourth-order valence-electron chi connectivity index (χ4n) is 2.37. The predicted molar refractivity (Wildman–Crippen MR) is 77.1 cm³/mol. The lowest BCUT2D eigenvalue weighted by Gasteiger charge is -2.18. The summed E-state index contributed by atoms with van der Waals surface area (Å²) < 4.78 is 1.96. The fourth-order valence-corrected chi connectivity index (χ4v) is 2.37. The number of hydrogen-bond donors (Lipinski definition) is 1. The topological polar surface area (TPSA) is 42.7 Å². The normalized spacial score (nSPS) is 12.6. The molecule has 0 saturated heterocycles. The third-order valence-corrected chi connectivity index (χ3v) is 3.16. The average molecular weight is 258 g/mol. The molecule has 1 unspecified atom stereocenters. The van der Waals surface area contributed by atoms with Crippen molar-refractivity contribution in [1.29, 1.82) is 0 Å². The van der Waals surface area contributed by atoms with Crippen LogP contribution in [0.25, 0.3) is 0 Å². The molecule has 0 aliphatic carbocycles. The number of nitrogens with one attached hydrogen (secondary N) is 1. The van der Waals surface area contributed by atoms with E-state index in [4.69, 9.17) is 0 Å². The van der Waals surface area contributed by atoms with Crippen LogP contribution in [0.3, 0.4) is 0 Å². The maximum absolute atomic E-state index is 4.44. The van der Waals surface area contributed by atoms with Crippen LogP contribution < -0.4 is 5.32 Å². The van der Waals surface area contributed by atoms with Gasteiger partial charge in [0, 0.05) is 29.7 Å². The number of rotatable bonds is 5. The molecule has 0 bridgehead atoms. The molecule has 4 nitrogen and oxygen atoms in total. The first-order chi connectivity index (χ1) is 9.13.